The highest BCUT2D eigenvalue weighted by Crippen LogP contribution is 2.42. The van der Waals surface area contributed by atoms with Gasteiger partial charge < -0.3 is 24.5 Å². The van der Waals surface area contributed by atoms with Crippen LogP contribution in [0.25, 0.3) is 0 Å². The predicted octanol–water partition coefficient (Wildman–Crippen LogP) is 5.50. The van der Waals surface area contributed by atoms with E-state index in [0.29, 0.717) is 44.3 Å². The molecule has 11 nitrogen and oxygen atoms in total. The Kier molecular flexibility index (Phi) is 9.54. The number of para-hydroxylation sites is 1. The Morgan fingerprint density at radius 2 is 1.40 bits per heavy atom. The van der Waals surface area contributed by atoms with Crippen LogP contribution in [-0.2, 0) is 43.3 Å². The van der Waals surface area contributed by atoms with Gasteiger partial charge in [0, 0.05) is 32.0 Å². The van der Waals surface area contributed by atoms with Crippen LogP contribution in [0.4, 0.5) is 10.5 Å². The van der Waals surface area contributed by atoms with Crippen molar-refractivity contribution in [2.24, 2.45) is 0 Å². The molecule has 3 aromatic rings. The van der Waals surface area contributed by atoms with Crippen LogP contribution in [0, 0.1) is 0 Å². The van der Waals surface area contributed by atoms with Crippen LogP contribution in [0.2, 0.25) is 0 Å². The molecule has 272 valence electrons. The number of carboxylic acid groups (broad SMARTS) is 1. The molecule has 2 fully saturated rings. The summed E-state index contributed by atoms with van der Waals surface area (Å²) in [6.07, 6.45) is 2.04. The van der Waals surface area contributed by atoms with Crippen molar-refractivity contribution >= 4 is 35.5 Å². The summed E-state index contributed by atoms with van der Waals surface area (Å²) in [5, 5.41) is 9.78. The van der Waals surface area contributed by atoms with Gasteiger partial charge in [0.2, 0.25) is 17.7 Å². The second kappa shape index (κ2) is 14.1. The molecule has 4 aliphatic rings. The first kappa shape index (κ1) is 35.2. The number of nitrogens with zero attached hydrogens (tertiary/aromatic N) is 4. The SMILES string of the molecule is CC(C)(C)OC(=O)N1c2ccccc2C[C@@H]1C(=O)N1[C@@H](C(=O)N2Cc3ccccc3C[C@@H]2CC(=O)N2CCC[C@@H]2C(=O)O)CC[C@@H]1c1ccccc1. The molecule has 0 saturated carbocycles. The Morgan fingerprint density at radius 3 is 2.12 bits per heavy atom. The molecule has 0 aliphatic carbocycles. The fourth-order valence-electron chi connectivity index (χ4n) is 8.52. The number of likely N-dealkylation sites (tertiary alicyclic amines) is 2. The van der Waals surface area contributed by atoms with Gasteiger partial charge in [-0.05, 0) is 81.2 Å². The van der Waals surface area contributed by atoms with E-state index in [0.717, 1.165) is 22.3 Å². The van der Waals surface area contributed by atoms with Gasteiger partial charge in [-0.15, -0.1) is 0 Å². The highest BCUT2D eigenvalue weighted by Gasteiger charge is 2.50. The van der Waals surface area contributed by atoms with E-state index in [1.165, 1.54) is 9.80 Å². The van der Waals surface area contributed by atoms with Crippen molar-refractivity contribution in [2.75, 3.05) is 11.4 Å². The molecular formula is C41H46N4O7. The molecule has 0 spiro atoms. The number of amides is 4. The highest BCUT2D eigenvalue weighted by atomic mass is 16.6. The fourth-order valence-corrected chi connectivity index (χ4v) is 8.52. The number of fused-ring (bicyclic) bond motifs is 2. The Bertz CT molecular complexity index is 1870. The van der Waals surface area contributed by atoms with Crippen LogP contribution in [0.15, 0.2) is 78.9 Å². The van der Waals surface area contributed by atoms with E-state index in [2.05, 4.69) is 0 Å². The second-order valence-electron chi connectivity index (χ2n) is 15.3. The maximum absolute atomic E-state index is 15.1. The predicted molar refractivity (Wildman–Crippen MR) is 193 cm³/mol. The number of carboxylic acids is 1. The maximum atomic E-state index is 15.1. The van der Waals surface area contributed by atoms with Crippen LogP contribution < -0.4 is 4.90 Å². The molecule has 4 amide bonds. The van der Waals surface area contributed by atoms with Crippen molar-refractivity contribution in [3.8, 4) is 0 Å². The number of aliphatic carboxylic acids is 1. The third kappa shape index (κ3) is 6.76. The lowest BCUT2D eigenvalue weighted by Crippen LogP contribution is -2.57. The number of benzene rings is 3. The number of rotatable bonds is 6. The van der Waals surface area contributed by atoms with Crippen LogP contribution in [0.5, 0.6) is 0 Å². The Hall–Kier alpha value is -5.19. The Labute approximate surface area is 304 Å². The minimum atomic E-state index is -1.02. The summed E-state index contributed by atoms with van der Waals surface area (Å²) in [6.45, 7) is 5.99. The monoisotopic (exact) mass is 706 g/mol. The summed E-state index contributed by atoms with van der Waals surface area (Å²) in [5.74, 6) is -1.90. The normalized spacial score (nSPS) is 24.0. The zero-order chi connectivity index (χ0) is 36.7. The molecule has 0 aromatic heterocycles. The summed E-state index contributed by atoms with van der Waals surface area (Å²) < 4.78 is 5.82. The number of carbonyl (C=O) groups excluding carboxylic acids is 4. The lowest BCUT2D eigenvalue weighted by Gasteiger charge is -2.41. The van der Waals surface area contributed by atoms with Gasteiger partial charge in [0.05, 0.1) is 11.7 Å². The molecule has 3 aromatic carbocycles. The number of hydrogen-bond acceptors (Lipinski definition) is 6. The number of hydrogen-bond donors (Lipinski definition) is 1. The van der Waals surface area contributed by atoms with E-state index in [1.54, 1.807) is 30.6 Å². The van der Waals surface area contributed by atoms with Gasteiger partial charge in [0.15, 0.2) is 0 Å². The maximum Gasteiger partial charge on any atom is 0.415 e. The molecule has 1 N–H and O–H groups in total. The lowest BCUT2D eigenvalue weighted by molar-refractivity contribution is -0.151. The summed E-state index contributed by atoms with van der Waals surface area (Å²) in [6, 6.07) is 21.4. The second-order valence-corrected chi connectivity index (χ2v) is 15.3. The van der Waals surface area contributed by atoms with E-state index >= 15 is 9.59 Å². The number of ether oxygens (including phenoxy) is 1. The largest absolute Gasteiger partial charge is 0.480 e. The quantitative estimate of drug-likeness (QED) is 0.359. The fraction of sp³-hybridized carbons (Fsp3) is 0.439. The van der Waals surface area contributed by atoms with Crippen molar-refractivity contribution in [1.29, 1.82) is 0 Å². The zero-order valence-corrected chi connectivity index (χ0v) is 29.9. The van der Waals surface area contributed by atoms with Crippen molar-refractivity contribution in [3.05, 3.63) is 101 Å². The molecule has 2 saturated heterocycles. The molecule has 11 heteroatoms. The first-order valence-electron chi connectivity index (χ1n) is 18.3. The first-order chi connectivity index (χ1) is 24.9. The number of carbonyl (C=O) groups is 5. The molecule has 7 rings (SSSR count). The topological polar surface area (TPSA) is 128 Å². The summed E-state index contributed by atoms with van der Waals surface area (Å²) in [5.41, 5.74) is 3.58. The molecule has 0 unspecified atom stereocenters. The van der Waals surface area contributed by atoms with E-state index < -0.39 is 47.9 Å². The zero-order valence-electron chi connectivity index (χ0n) is 29.9. The van der Waals surface area contributed by atoms with Crippen LogP contribution >= 0.6 is 0 Å². The molecule has 4 heterocycles. The molecule has 0 radical (unpaired) electrons. The van der Waals surface area contributed by atoms with E-state index in [-0.39, 0.29) is 37.1 Å². The lowest BCUT2D eigenvalue weighted by atomic mass is 9.91. The van der Waals surface area contributed by atoms with Crippen LogP contribution in [0.3, 0.4) is 0 Å². The van der Waals surface area contributed by atoms with Gasteiger partial charge in [-0.25, -0.2) is 9.59 Å². The van der Waals surface area contributed by atoms with Gasteiger partial charge in [-0.2, -0.15) is 0 Å². The van der Waals surface area contributed by atoms with E-state index in [4.69, 9.17) is 4.74 Å². The van der Waals surface area contributed by atoms with Gasteiger partial charge >= 0.3 is 12.1 Å². The van der Waals surface area contributed by atoms with Crippen molar-refractivity contribution in [2.45, 2.75) is 108 Å². The Morgan fingerprint density at radius 1 is 0.731 bits per heavy atom. The molecule has 4 aliphatic heterocycles. The summed E-state index contributed by atoms with van der Waals surface area (Å²) in [7, 11) is 0. The van der Waals surface area contributed by atoms with Crippen molar-refractivity contribution in [3.63, 3.8) is 0 Å². The molecule has 5 atom stereocenters. The standard InChI is InChI=1S/C41H46N4O7/c1-41(2,3)52-40(51)45-31-17-10-9-15-28(31)23-35(45)38(48)44-32(26-12-5-4-6-13-26)19-20-33(44)37(47)43-25-29-16-8-7-14-27(29)22-30(43)24-36(46)42-21-11-18-34(42)39(49)50/h4-10,12-17,30,32-35H,11,18-25H2,1-3H3,(H,49,50)/t30-,32-,33-,34-,35-/m1/s1. The van der Waals surface area contributed by atoms with Crippen LogP contribution in [-0.4, -0.2) is 85.9 Å². The molecule has 0 bridgehead atoms. The van der Waals surface area contributed by atoms with Crippen molar-refractivity contribution < 1.29 is 33.8 Å². The third-order valence-electron chi connectivity index (χ3n) is 10.9. The van der Waals surface area contributed by atoms with Crippen LogP contribution in [0.1, 0.15) is 81.2 Å². The van der Waals surface area contributed by atoms with Gasteiger partial charge in [0.1, 0.15) is 23.7 Å². The molecule has 52 heavy (non-hydrogen) atoms. The highest BCUT2D eigenvalue weighted by molar-refractivity contribution is 6.02. The first-order valence-corrected chi connectivity index (χ1v) is 18.3. The van der Waals surface area contributed by atoms with Gasteiger partial charge in [-0.3, -0.25) is 19.3 Å². The average Bonchev–Trinajstić information content (AvgIpc) is 3.88. The smallest absolute Gasteiger partial charge is 0.415 e. The number of anilines is 1. The summed E-state index contributed by atoms with van der Waals surface area (Å²) >= 11 is 0. The van der Waals surface area contributed by atoms with Gasteiger partial charge in [0.25, 0.3) is 0 Å². The van der Waals surface area contributed by atoms with E-state index in [1.807, 2.05) is 78.9 Å². The van der Waals surface area contributed by atoms with E-state index in [9.17, 15) is 19.5 Å². The Balaban J connectivity index is 1.23. The third-order valence-corrected chi connectivity index (χ3v) is 10.9. The van der Waals surface area contributed by atoms with Gasteiger partial charge in [-0.1, -0.05) is 72.8 Å². The summed E-state index contributed by atoms with van der Waals surface area (Å²) in [4.78, 5) is 75.9. The minimum absolute atomic E-state index is 0.0169. The average molecular weight is 707 g/mol. The molecular weight excluding hydrogens is 660 g/mol. The minimum Gasteiger partial charge on any atom is -0.480 e. The van der Waals surface area contributed by atoms with Crippen molar-refractivity contribution in [1.82, 2.24) is 14.7 Å².